The lowest BCUT2D eigenvalue weighted by molar-refractivity contribution is -0.121. The first-order valence-electron chi connectivity index (χ1n) is 9.79. The van der Waals surface area contributed by atoms with Crippen molar-refractivity contribution in [2.24, 2.45) is 0 Å². The molecule has 0 fully saturated rings. The Bertz CT molecular complexity index is 1170. The van der Waals surface area contributed by atoms with Crippen molar-refractivity contribution in [1.29, 1.82) is 0 Å². The van der Waals surface area contributed by atoms with Crippen LogP contribution in [0.4, 0.5) is 0 Å². The molecule has 8 heteroatoms. The molecule has 158 valence electrons. The van der Waals surface area contributed by atoms with E-state index in [0.717, 1.165) is 11.1 Å². The van der Waals surface area contributed by atoms with Gasteiger partial charge in [-0.05, 0) is 35.4 Å². The Labute approximate surface area is 189 Å². The van der Waals surface area contributed by atoms with Gasteiger partial charge >= 0.3 is 0 Å². The zero-order valence-corrected chi connectivity index (χ0v) is 18.1. The highest BCUT2D eigenvalue weighted by Crippen LogP contribution is 2.30. The summed E-state index contributed by atoms with van der Waals surface area (Å²) in [7, 11) is 0. The number of nitrogens with zero attached hydrogens (tertiary/aromatic N) is 3. The average molecular weight is 455 g/mol. The number of carbonyl (C=O) groups is 1. The van der Waals surface area contributed by atoms with Crippen LogP contribution in [0, 0.1) is 0 Å². The third kappa shape index (κ3) is 5.75. The lowest BCUT2D eigenvalue weighted by atomic mass is 10.1. The number of aromatic nitrogens is 3. The van der Waals surface area contributed by atoms with Crippen LogP contribution in [0.15, 0.2) is 71.5 Å². The Morgan fingerprint density at radius 2 is 1.97 bits per heavy atom. The summed E-state index contributed by atoms with van der Waals surface area (Å²) in [5, 5.41) is 8.20. The minimum atomic E-state index is -0.0678. The van der Waals surface area contributed by atoms with Crippen LogP contribution in [-0.2, 0) is 24.3 Å². The standard InChI is InChI=1S/C23H20Cl2N4O2/c24-18-5-6-19(20(25)12-18)21-14-27-23(31-21)8-7-22(30)26-13-16-3-1-4-17(11-16)15-29-10-2-9-28-29/h1-6,9-12,14H,7-8,13,15H2,(H,26,30). The highest BCUT2D eigenvalue weighted by atomic mass is 35.5. The van der Waals surface area contributed by atoms with Gasteiger partial charge in [-0.3, -0.25) is 9.48 Å². The predicted octanol–water partition coefficient (Wildman–Crippen LogP) is 5.14. The van der Waals surface area contributed by atoms with E-state index in [2.05, 4.69) is 21.5 Å². The Morgan fingerprint density at radius 3 is 2.77 bits per heavy atom. The Morgan fingerprint density at radius 1 is 1.10 bits per heavy atom. The van der Waals surface area contributed by atoms with Crippen molar-refractivity contribution in [2.45, 2.75) is 25.9 Å². The van der Waals surface area contributed by atoms with Gasteiger partial charge in [0.05, 0.1) is 17.8 Å². The van der Waals surface area contributed by atoms with E-state index in [4.69, 9.17) is 27.6 Å². The number of halogens is 2. The maximum atomic E-state index is 12.3. The SMILES string of the molecule is O=C(CCc1ncc(-c2ccc(Cl)cc2Cl)o1)NCc1cccc(Cn2cccn2)c1. The van der Waals surface area contributed by atoms with Crippen molar-refractivity contribution in [3.05, 3.63) is 94.2 Å². The number of benzene rings is 2. The lowest BCUT2D eigenvalue weighted by Gasteiger charge is -2.07. The molecule has 0 radical (unpaired) electrons. The third-order valence-corrected chi connectivity index (χ3v) is 5.25. The third-order valence-electron chi connectivity index (χ3n) is 4.70. The monoisotopic (exact) mass is 454 g/mol. The van der Waals surface area contributed by atoms with Crippen LogP contribution in [0.1, 0.15) is 23.4 Å². The molecule has 2 heterocycles. The summed E-state index contributed by atoms with van der Waals surface area (Å²) >= 11 is 12.1. The van der Waals surface area contributed by atoms with Gasteiger partial charge in [-0.25, -0.2) is 4.98 Å². The highest BCUT2D eigenvalue weighted by Gasteiger charge is 2.12. The molecular weight excluding hydrogens is 435 g/mol. The Hall–Kier alpha value is -3.09. The largest absolute Gasteiger partial charge is 0.441 e. The summed E-state index contributed by atoms with van der Waals surface area (Å²) in [5.41, 5.74) is 2.88. The summed E-state index contributed by atoms with van der Waals surface area (Å²) in [5.74, 6) is 0.963. The number of hydrogen-bond acceptors (Lipinski definition) is 4. The number of oxazole rings is 1. The number of carbonyl (C=O) groups excluding carboxylic acids is 1. The summed E-state index contributed by atoms with van der Waals surface area (Å²) in [6, 6.07) is 15.1. The summed E-state index contributed by atoms with van der Waals surface area (Å²) in [6.07, 6.45) is 5.96. The summed E-state index contributed by atoms with van der Waals surface area (Å²) < 4.78 is 7.60. The van der Waals surface area contributed by atoms with Crippen molar-refractivity contribution in [2.75, 3.05) is 0 Å². The maximum Gasteiger partial charge on any atom is 0.220 e. The van der Waals surface area contributed by atoms with E-state index >= 15 is 0 Å². The molecule has 0 saturated carbocycles. The van der Waals surface area contributed by atoms with Crippen LogP contribution in [0.2, 0.25) is 10.0 Å². The van der Waals surface area contributed by atoms with Crippen molar-refractivity contribution in [3.63, 3.8) is 0 Å². The predicted molar refractivity (Wildman–Crippen MR) is 120 cm³/mol. The van der Waals surface area contributed by atoms with Gasteiger partial charge in [0.15, 0.2) is 11.7 Å². The first-order chi connectivity index (χ1) is 15.1. The minimum absolute atomic E-state index is 0.0678. The van der Waals surface area contributed by atoms with E-state index in [9.17, 15) is 4.79 Å². The second-order valence-corrected chi connectivity index (χ2v) is 7.89. The second-order valence-electron chi connectivity index (χ2n) is 7.04. The Balaban J connectivity index is 1.28. The lowest BCUT2D eigenvalue weighted by Crippen LogP contribution is -2.23. The molecule has 0 bridgehead atoms. The molecule has 6 nitrogen and oxygen atoms in total. The Kier molecular flexibility index (Phi) is 6.70. The van der Waals surface area contributed by atoms with E-state index in [1.54, 1.807) is 30.6 Å². The van der Waals surface area contributed by atoms with Crippen molar-refractivity contribution in [1.82, 2.24) is 20.1 Å². The van der Waals surface area contributed by atoms with Crippen molar-refractivity contribution < 1.29 is 9.21 Å². The smallest absolute Gasteiger partial charge is 0.220 e. The topological polar surface area (TPSA) is 73.0 Å². The molecular formula is C23H20Cl2N4O2. The molecule has 0 saturated heterocycles. The molecule has 4 rings (SSSR count). The molecule has 0 unspecified atom stereocenters. The number of nitrogens with one attached hydrogen (secondary N) is 1. The quantitative estimate of drug-likeness (QED) is 0.399. The fourth-order valence-electron chi connectivity index (χ4n) is 3.17. The van der Waals surface area contributed by atoms with Gasteiger partial charge in [-0.1, -0.05) is 47.5 Å². The molecule has 0 aliphatic heterocycles. The van der Waals surface area contributed by atoms with E-state index in [0.29, 0.717) is 46.8 Å². The van der Waals surface area contributed by atoms with Gasteiger partial charge in [-0.15, -0.1) is 0 Å². The molecule has 4 aromatic rings. The van der Waals surface area contributed by atoms with Crippen molar-refractivity contribution in [3.8, 4) is 11.3 Å². The van der Waals surface area contributed by atoms with Crippen LogP contribution >= 0.6 is 23.2 Å². The van der Waals surface area contributed by atoms with E-state index < -0.39 is 0 Å². The normalized spacial score (nSPS) is 10.9. The molecule has 31 heavy (non-hydrogen) atoms. The summed E-state index contributed by atoms with van der Waals surface area (Å²) in [6.45, 7) is 1.15. The van der Waals surface area contributed by atoms with E-state index in [1.807, 2.05) is 35.1 Å². The molecule has 0 aliphatic carbocycles. The van der Waals surface area contributed by atoms with Crippen molar-refractivity contribution >= 4 is 29.1 Å². The molecule has 1 N–H and O–H groups in total. The average Bonchev–Trinajstić information content (AvgIpc) is 3.43. The van der Waals surface area contributed by atoms with Crippen LogP contribution in [0.25, 0.3) is 11.3 Å². The molecule has 0 spiro atoms. The maximum absolute atomic E-state index is 12.3. The molecule has 0 atom stereocenters. The number of hydrogen-bond donors (Lipinski definition) is 1. The molecule has 2 aromatic carbocycles. The van der Waals surface area contributed by atoms with Gasteiger partial charge in [0, 0.05) is 42.4 Å². The van der Waals surface area contributed by atoms with E-state index in [1.165, 1.54) is 0 Å². The molecule has 2 aromatic heterocycles. The first kappa shape index (κ1) is 21.2. The van der Waals surface area contributed by atoms with Crippen LogP contribution < -0.4 is 5.32 Å². The molecule has 1 amide bonds. The first-order valence-corrected chi connectivity index (χ1v) is 10.5. The van der Waals surface area contributed by atoms with Gasteiger partial charge in [0.25, 0.3) is 0 Å². The van der Waals surface area contributed by atoms with Gasteiger partial charge < -0.3 is 9.73 Å². The van der Waals surface area contributed by atoms with Crippen LogP contribution in [0.3, 0.4) is 0 Å². The van der Waals surface area contributed by atoms with Crippen LogP contribution in [0.5, 0.6) is 0 Å². The summed E-state index contributed by atoms with van der Waals surface area (Å²) in [4.78, 5) is 16.5. The number of aryl methyl sites for hydroxylation is 1. The highest BCUT2D eigenvalue weighted by molar-refractivity contribution is 6.36. The number of rotatable bonds is 8. The van der Waals surface area contributed by atoms with Gasteiger partial charge in [0.1, 0.15) is 0 Å². The second kappa shape index (κ2) is 9.81. The fourth-order valence-corrected chi connectivity index (χ4v) is 3.67. The van der Waals surface area contributed by atoms with Gasteiger partial charge in [0.2, 0.25) is 5.91 Å². The van der Waals surface area contributed by atoms with Gasteiger partial charge in [-0.2, -0.15) is 5.10 Å². The number of amides is 1. The zero-order valence-electron chi connectivity index (χ0n) is 16.6. The van der Waals surface area contributed by atoms with E-state index in [-0.39, 0.29) is 12.3 Å². The molecule has 0 aliphatic rings. The fraction of sp³-hybridized carbons (Fsp3) is 0.174. The zero-order chi connectivity index (χ0) is 21.6. The minimum Gasteiger partial charge on any atom is -0.441 e. The van der Waals surface area contributed by atoms with Crippen LogP contribution in [-0.4, -0.2) is 20.7 Å².